The molecule has 2 atom stereocenters. The standard InChI is InChI=1S/C18H18N2O4/c1-10-4-5-13(15-16(10)24-11(2)20-15)18(9-19)7-6-14(21)12(8-18)17(22)23-3/h4-5,12H,6-8H2,1-3H3. The Morgan fingerprint density at radius 2 is 2.21 bits per heavy atom. The van der Waals surface area contributed by atoms with Gasteiger partial charge < -0.3 is 9.15 Å². The lowest BCUT2D eigenvalue weighted by Gasteiger charge is -2.34. The summed E-state index contributed by atoms with van der Waals surface area (Å²) in [6, 6.07) is 6.08. The van der Waals surface area contributed by atoms with E-state index in [1.807, 2.05) is 19.1 Å². The number of esters is 1. The number of nitrogens with zero attached hydrogens (tertiary/aromatic N) is 2. The van der Waals surface area contributed by atoms with Crippen LogP contribution in [0.5, 0.6) is 0 Å². The molecule has 1 aliphatic carbocycles. The van der Waals surface area contributed by atoms with Gasteiger partial charge in [-0.1, -0.05) is 12.1 Å². The molecule has 0 radical (unpaired) electrons. The molecule has 1 fully saturated rings. The van der Waals surface area contributed by atoms with Crippen LogP contribution in [0.3, 0.4) is 0 Å². The third-order valence-electron chi connectivity index (χ3n) is 4.80. The number of Topliss-reactive ketones (excluding diaryl/α,β-unsaturated/α-hetero) is 1. The third kappa shape index (κ3) is 2.37. The van der Waals surface area contributed by atoms with Gasteiger partial charge in [-0.05, 0) is 25.3 Å². The molecular weight excluding hydrogens is 308 g/mol. The zero-order chi connectivity index (χ0) is 17.5. The molecule has 24 heavy (non-hydrogen) atoms. The Kier molecular flexibility index (Phi) is 3.88. The monoisotopic (exact) mass is 326 g/mol. The molecule has 1 aromatic carbocycles. The first-order valence-corrected chi connectivity index (χ1v) is 7.81. The maximum absolute atomic E-state index is 12.1. The molecule has 6 nitrogen and oxygen atoms in total. The molecule has 0 spiro atoms. The van der Waals surface area contributed by atoms with Gasteiger partial charge in [0.2, 0.25) is 0 Å². The summed E-state index contributed by atoms with van der Waals surface area (Å²) in [5.41, 5.74) is 1.96. The van der Waals surface area contributed by atoms with Crippen LogP contribution in [0.25, 0.3) is 11.1 Å². The lowest BCUT2D eigenvalue weighted by Crippen LogP contribution is -2.40. The van der Waals surface area contributed by atoms with E-state index in [2.05, 4.69) is 11.1 Å². The Labute approximate surface area is 139 Å². The summed E-state index contributed by atoms with van der Waals surface area (Å²) in [7, 11) is 1.25. The summed E-state index contributed by atoms with van der Waals surface area (Å²) in [4.78, 5) is 28.5. The van der Waals surface area contributed by atoms with Gasteiger partial charge in [-0.15, -0.1) is 0 Å². The average Bonchev–Trinajstić information content (AvgIpc) is 2.98. The summed E-state index contributed by atoms with van der Waals surface area (Å²) in [5, 5.41) is 9.92. The zero-order valence-electron chi connectivity index (χ0n) is 13.9. The molecule has 1 aliphatic rings. The van der Waals surface area contributed by atoms with Crippen molar-refractivity contribution >= 4 is 22.9 Å². The van der Waals surface area contributed by atoms with Gasteiger partial charge >= 0.3 is 5.97 Å². The van der Waals surface area contributed by atoms with E-state index in [0.29, 0.717) is 29.0 Å². The number of hydrogen-bond donors (Lipinski definition) is 0. The number of ether oxygens (including phenoxy) is 1. The number of oxazole rings is 1. The Hall–Kier alpha value is -2.68. The van der Waals surface area contributed by atoms with E-state index in [4.69, 9.17) is 9.15 Å². The highest BCUT2D eigenvalue weighted by Crippen LogP contribution is 2.43. The first-order chi connectivity index (χ1) is 11.4. The highest BCUT2D eigenvalue weighted by molar-refractivity contribution is 6.00. The van der Waals surface area contributed by atoms with E-state index in [9.17, 15) is 14.9 Å². The van der Waals surface area contributed by atoms with Crippen LogP contribution in [0.15, 0.2) is 16.5 Å². The van der Waals surface area contributed by atoms with Crippen molar-refractivity contribution in [3.05, 3.63) is 29.2 Å². The van der Waals surface area contributed by atoms with Crippen molar-refractivity contribution in [1.29, 1.82) is 5.26 Å². The second-order valence-corrected chi connectivity index (χ2v) is 6.28. The SMILES string of the molecule is COC(=O)C1CC(C#N)(c2ccc(C)c3oc(C)nc23)CCC1=O. The molecule has 1 heterocycles. The van der Waals surface area contributed by atoms with E-state index in [0.717, 1.165) is 5.56 Å². The maximum atomic E-state index is 12.1. The second-order valence-electron chi connectivity index (χ2n) is 6.28. The van der Waals surface area contributed by atoms with Crippen LogP contribution < -0.4 is 0 Å². The molecular formula is C18H18N2O4. The van der Waals surface area contributed by atoms with Crippen LogP contribution in [0, 0.1) is 31.1 Å². The second kappa shape index (κ2) is 5.75. The van der Waals surface area contributed by atoms with E-state index in [1.54, 1.807) is 6.92 Å². The van der Waals surface area contributed by atoms with Gasteiger partial charge in [-0.25, -0.2) is 4.98 Å². The van der Waals surface area contributed by atoms with Gasteiger partial charge in [0.25, 0.3) is 0 Å². The van der Waals surface area contributed by atoms with Crippen LogP contribution in [0.4, 0.5) is 0 Å². The van der Waals surface area contributed by atoms with Gasteiger partial charge in [-0.2, -0.15) is 5.26 Å². The third-order valence-corrected chi connectivity index (χ3v) is 4.80. The molecule has 0 N–H and O–H groups in total. The first-order valence-electron chi connectivity index (χ1n) is 7.81. The highest BCUT2D eigenvalue weighted by atomic mass is 16.5. The topological polar surface area (TPSA) is 93.2 Å². The number of nitriles is 1. The van der Waals surface area contributed by atoms with Crippen molar-refractivity contribution in [2.45, 2.75) is 38.5 Å². The summed E-state index contributed by atoms with van der Waals surface area (Å²) < 4.78 is 10.4. The number of aromatic nitrogens is 1. The van der Waals surface area contributed by atoms with Gasteiger partial charge in [0, 0.05) is 18.9 Å². The quantitative estimate of drug-likeness (QED) is 0.622. The maximum Gasteiger partial charge on any atom is 0.316 e. The number of ketones is 1. The molecule has 2 aromatic rings. The largest absolute Gasteiger partial charge is 0.468 e. The molecule has 1 aromatic heterocycles. The van der Waals surface area contributed by atoms with Crippen LogP contribution in [0.2, 0.25) is 0 Å². The molecule has 2 unspecified atom stereocenters. The van der Waals surface area contributed by atoms with Crippen molar-refractivity contribution < 1.29 is 18.7 Å². The normalized spacial score (nSPS) is 23.9. The summed E-state index contributed by atoms with van der Waals surface area (Å²) in [5.74, 6) is -1.15. The van der Waals surface area contributed by atoms with Crippen molar-refractivity contribution in [2.24, 2.45) is 5.92 Å². The van der Waals surface area contributed by atoms with E-state index < -0.39 is 17.3 Å². The summed E-state index contributed by atoms with van der Waals surface area (Å²) in [6.07, 6.45) is 0.637. The molecule has 0 saturated heterocycles. The summed E-state index contributed by atoms with van der Waals surface area (Å²) >= 11 is 0. The number of rotatable bonds is 2. The smallest absolute Gasteiger partial charge is 0.316 e. The van der Waals surface area contributed by atoms with Gasteiger partial charge in [-0.3, -0.25) is 9.59 Å². The van der Waals surface area contributed by atoms with Gasteiger partial charge in [0.05, 0.1) is 18.6 Å². The minimum Gasteiger partial charge on any atom is -0.468 e. The van der Waals surface area contributed by atoms with Crippen LogP contribution in [-0.4, -0.2) is 23.8 Å². The van der Waals surface area contributed by atoms with E-state index in [-0.39, 0.29) is 18.6 Å². The van der Waals surface area contributed by atoms with Crippen molar-refractivity contribution in [2.75, 3.05) is 7.11 Å². The van der Waals surface area contributed by atoms with E-state index in [1.165, 1.54) is 7.11 Å². The van der Waals surface area contributed by atoms with Crippen LogP contribution in [-0.2, 0) is 19.7 Å². The summed E-state index contributed by atoms with van der Waals surface area (Å²) in [6.45, 7) is 3.67. The predicted molar refractivity (Wildman–Crippen MR) is 85.1 cm³/mol. The molecule has 6 heteroatoms. The predicted octanol–water partition coefficient (Wildman–Crippen LogP) is 2.75. The zero-order valence-corrected chi connectivity index (χ0v) is 13.9. The van der Waals surface area contributed by atoms with Crippen molar-refractivity contribution in [3.63, 3.8) is 0 Å². The number of carbonyl (C=O) groups excluding carboxylic acids is 2. The number of methoxy groups -OCH3 is 1. The Morgan fingerprint density at radius 1 is 1.46 bits per heavy atom. The minimum absolute atomic E-state index is 0.110. The lowest BCUT2D eigenvalue weighted by molar-refractivity contribution is -0.151. The number of carbonyl (C=O) groups is 2. The van der Waals surface area contributed by atoms with Crippen molar-refractivity contribution in [1.82, 2.24) is 4.98 Å². The fraction of sp³-hybridized carbons (Fsp3) is 0.444. The minimum atomic E-state index is -0.956. The molecule has 0 bridgehead atoms. The first kappa shape index (κ1) is 16.2. The van der Waals surface area contributed by atoms with Gasteiger partial charge in [0.1, 0.15) is 17.2 Å². The molecule has 124 valence electrons. The number of hydrogen-bond acceptors (Lipinski definition) is 6. The molecule has 0 aliphatic heterocycles. The molecule has 1 saturated carbocycles. The highest BCUT2D eigenvalue weighted by Gasteiger charge is 2.46. The number of fused-ring (bicyclic) bond motifs is 1. The van der Waals surface area contributed by atoms with Crippen molar-refractivity contribution in [3.8, 4) is 6.07 Å². The van der Waals surface area contributed by atoms with Crippen LogP contribution >= 0.6 is 0 Å². The van der Waals surface area contributed by atoms with Crippen LogP contribution in [0.1, 0.15) is 36.3 Å². The number of benzene rings is 1. The Bertz CT molecular complexity index is 869. The Morgan fingerprint density at radius 3 is 2.88 bits per heavy atom. The Balaban J connectivity index is 2.15. The van der Waals surface area contributed by atoms with Gasteiger partial charge in [0.15, 0.2) is 11.5 Å². The van der Waals surface area contributed by atoms with E-state index >= 15 is 0 Å². The fourth-order valence-corrected chi connectivity index (χ4v) is 3.46. The average molecular weight is 326 g/mol. The number of aryl methyl sites for hydroxylation is 2. The molecule has 0 amide bonds. The molecule has 3 rings (SSSR count). The lowest BCUT2D eigenvalue weighted by atomic mass is 9.66. The fourth-order valence-electron chi connectivity index (χ4n) is 3.46.